The van der Waals surface area contributed by atoms with Gasteiger partial charge in [0, 0.05) is 11.5 Å². The minimum absolute atomic E-state index is 0.151. The van der Waals surface area contributed by atoms with Gasteiger partial charge in [0.15, 0.2) is 5.78 Å². The monoisotopic (exact) mass is 491 g/mol. The number of carbonyl (C=O) groups is 2. The molecular weight excluding hydrogens is 450 g/mol. The molecule has 194 valence electrons. The first-order valence-corrected chi connectivity index (χ1v) is 13.5. The number of fused-ring (bicyclic) bond motifs is 1. The van der Waals surface area contributed by atoms with Gasteiger partial charge < -0.3 is 0 Å². The van der Waals surface area contributed by atoms with Gasteiger partial charge in [0.05, 0.1) is 0 Å². The lowest BCUT2D eigenvalue weighted by Crippen LogP contribution is -2.29. The van der Waals surface area contributed by atoms with E-state index in [1.165, 1.54) is 56.9 Å². The quantitative estimate of drug-likeness (QED) is 0.146. The number of aryl methyl sites for hydroxylation is 1. The number of nitrogens with one attached hydrogen (secondary N) is 1. The molecule has 4 rings (SSSR count). The summed E-state index contributed by atoms with van der Waals surface area (Å²) < 4.78 is 0. The van der Waals surface area contributed by atoms with Crippen molar-refractivity contribution in [3.8, 4) is 0 Å². The van der Waals surface area contributed by atoms with Crippen LogP contribution in [0.25, 0.3) is 11.0 Å². The predicted octanol–water partition coefficient (Wildman–Crippen LogP) is 6.08. The largest absolute Gasteiger partial charge is 0.297 e. The van der Waals surface area contributed by atoms with Crippen LogP contribution in [-0.2, 0) is 4.79 Å². The summed E-state index contributed by atoms with van der Waals surface area (Å²) in [5.41, 5.74) is 5.57. The molecule has 1 aromatic heterocycles. The maximum Gasteiger partial charge on any atom is 0.265 e. The number of hydrogen-bond acceptors (Lipinski definition) is 5. The van der Waals surface area contributed by atoms with Crippen molar-refractivity contribution in [3.05, 3.63) is 59.7 Å². The fraction of sp³-hybridized carbons (Fsp3) is 0.517. The molecule has 1 saturated carbocycles. The van der Waals surface area contributed by atoms with Crippen molar-refractivity contribution in [1.29, 1.82) is 0 Å². The van der Waals surface area contributed by atoms with Gasteiger partial charge in [-0.05, 0) is 56.0 Å². The molecule has 3 aromatic rings. The number of unbranched alkanes of at least 4 members (excludes halogenated alkanes) is 7. The fourth-order valence-corrected chi connectivity index (χ4v) is 4.81. The minimum Gasteiger partial charge on any atom is -0.297 e. The first-order chi connectivity index (χ1) is 17.5. The third kappa shape index (κ3) is 7.98. The van der Waals surface area contributed by atoms with Crippen molar-refractivity contribution in [2.45, 2.75) is 90.5 Å². The Labute approximate surface area is 214 Å². The molecule has 1 amide bonds. The minimum atomic E-state index is -0.263. The molecule has 0 aliphatic heterocycles. The zero-order valence-electron chi connectivity index (χ0n) is 21.8. The summed E-state index contributed by atoms with van der Waals surface area (Å²) in [5, 5.41) is 9.12. The van der Waals surface area contributed by atoms with E-state index in [-0.39, 0.29) is 17.9 Å². The van der Waals surface area contributed by atoms with Crippen LogP contribution in [0.2, 0.25) is 0 Å². The van der Waals surface area contributed by atoms with Gasteiger partial charge in [0.2, 0.25) is 0 Å². The summed E-state index contributed by atoms with van der Waals surface area (Å²) in [6, 6.07) is 14.7. The maximum absolute atomic E-state index is 12.8. The van der Waals surface area contributed by atoms with Crippen LogP contribution in [0.15, 0.2) is 48.5 Å². The van der Waals surface area contributed by atoms with Crippen LogP contribution in [-0.4, -0.2) is 26.7 Å². The van der Waals surface area contributed by atoms with E-state index in [1.54, 1.807) is 29.1 Å². The highest BCUT2D eigenvalue weighted by Gasteiger charge is 2.36. The highest BCUT2D eigenvalue weighted by molar-refractivity contribution is 5.93. The number of nitrogens with zero attached hydrogens (tertiary/aromatic N) is 3. The molecule has 7 heteroatoms. The second-order valence-electron chi connectivity index (χ2n) is 9.81. The third-order valence-corrected chi connectivity index (χ3v) is 6.92. The van der Waals surface area contributed by atoms with E-state index < -0.39 is 0 Å². The Balaban J connectivity index is 0.000000303. The normalized spacial score (nSPS) is 17.1. The third-order valence-electron chi connectivity index (χ3n) is 6.92. The molecule has 0 radical (unpaired) electrons. The van der Waals surface area contributed by atoms with Crippen molar-refractivity contribution in [3.63, 3.8) is 0 Å². The van der Waals surface area contributed by atoms with Crippen LogP contribution in [0.3, 0.4) is 0 Å². The van der Waals surface area contributed by atoms with Crippen molar-refractivity contribution < 1.29 is 9.59 Å². The SMILES string of the molecule is CCCCCCCCCCC1CCC(n2nc3ccc(C)cc3n2)C1=O.NNC(=O)c1ccccc1. The van der Waals surface area contributed by atoms with E-state index in [2.05, 4.69) is 24.0 Å². The molecule has 3 N–H and O–H groups in total. The topological polar surface area (TPSA) is 103 Å². The first kappa shape index (κ1) is 27.5. The van der Waals surface area contributed by atoms with Gasteiger partial charge in [0.1, 0.15) is 17.1 Å². The molecule has 0 spiro atoms. The number of nitrogen functional groups attached to an aromatic ring is 1. The van der Waals surface area contributed by atoms with Gasteiger partial charge in [-0.2, -0.15) is 15.0 Å². The number of ketones is 1. The predicted molar refractivity (Wildman–Crippen MR) is 144 cm³/mol. The summed E-state index contributed by atoms with van der Waals surface area (Å²) in [6.45, 7) is 4.31. The lowest BCUT2D eigenvalue weighted by molar-refractivity contribution is -0.124. The van der Waals surface area contributed by atoms with Gasteiger partial charge in [-0.25, -0.2) is 5.84 Å². The molecule has 36 heavy (non-hydrogen) atoms. The summed E-state index contributed by atoms with van der Waals surface area (Å²) in [7, 11) is 0. The van der Waals surface area contributed by atoms with Crippen LogP contribution in [0.4, 0.5) is 0 Å². The highest BCUT2D eigenvalue weighted by Crippen LogP contribution is 2.34. The smallest absolute Gasteiger partial charge is 0.265 e. The lowest BCUT2D eigenvalue weighted by Gasteiger charge is -2.10. The van der Waals surface area contributed by atoms with Crippen LogP contribution in [0, 0.1) is 12.8 Å². The average molecular weight is 492 g/mol. The standard InChI is InChI=1S/C22H33N3O.C7H8N2O/c1-3-4-5-6-7-8-9-10-11-18-13-15-21(22(18)26)25-23-19-14-12-17(2)16-20(19)24-25;8-9-7(10)6-4-2-1-3-5-6/h12,14,16,18,21H,3-11,13,15H2,1-2H3;1-5H,8H2,(H,9,10). The van der Waals surface area contributed by atoms with Gasteiger partial charge >= 0.3 is 0 Å². The second-order valence-corrected chi connectivity index (χ2v) is 9.81. The number of hydrazine groups is 1. The molecule has 1 aliphatic rings. The summed E-state index contributed by atoms with van der Waals surface area (Å²) in [4.78, 5) is 25.2. The first-order valence-electron chi connectivity index (χ1n) is 13.5. The number of rotatable bonds is 11. The van der Waals surface area contributed by atoms with E-state index in [4.69, 9.17) is 5.84 Å². The highest BCUT2D eigenvalue weighted by atomic mass is 16.2. The van der Waals surface area contributed by atoms with Gasteiger partial charge in [-0.3, -0.25) is 15.0 Å². The van der Waals surface area contributed by atoms with Gasteiger partial charge in [0.25, 0.3) is 5.91 Å². The van der Waals surface area contributed by atoms with Crippen molar-refractivity contribution >= 4 is 22.7 Å². The molecular formula is C29H41N5O2. The molecule has 1 heterocycles. The lowest BCUT2D eigenvalue weighted by atomic mass is 9.97. The Hall–Kier alpha value is -3.06. The second kappa shape index (κ2) is 14.5. The number of Topliss-reactive ketones (excluding diaryl/α,β-unsaturated/α-hetero) is 1. The number of aromatic nitrogens is 3. The molecule has 2 atom stereocenters. The van der Waals surface area contributed by atoms with Crippen LogP contribution in [0.1, 0.15) is 99.5 Å². The molecule has 0 bridgehead atoms. The Morgan fingerprint density at radius 2 is 1.61 bits per heavy atom. The van der Waals surface area contributed by atoms with E-state index in [0.717, 1.165) is 30.3 Å². The molecule has 1 fully saturated rings. The number of hydrogen-bond donors (Lipinski definition) is 2. The Morgan fingerprint density at radius 3 is 2.31 bits per heavy atom. The zero-order chi connectivity index (χ0) is 25.8. The summed E-state index contributed by atoms with van der Waals surface area (Å²) in [5.74, 6) is 5.21. The number of carbonyl (C=O) groups excluding carboxylic acids is 2. The molecule has 1 aliphatic carbocycles. The van der Waals surface area contributed by atoms with Gasteiger partial charge in [-0.15, -0.1) is 0 Å². The summed E-state index contributed by atoms with van der Waals surface area (Å²) in [6.07, 6.45) is 13.5. The van der Waals surface area contributed by atoms with Crippen molar-refractivity contribution in [1.82, 2.24) is 20.4 Å². The van der Waals surface area contributed by atoms with Crippen LogP contribution in [0.5, 0.6) is 0 Å². The van der Waals surface area contributed by atoms with Crippen LogP contribution >= 0.6 is 0 Å². The van der Waals surface area contributed by atoms with Gasteiger partial charge in [-0.1, -0.05) is 82.6 Å². The zero-order valence-corrected chi connectivity index (χ0v) is 21.8. The van der Waals surface area contributed by atoms with Crippen molar-refractivity contribution in [2.24, 2.45) is 11.8 Å². The number of nitrogens with two attached hydrogens (primary N) is 1. The average Bonchev–Trinajstić information content (AvgIpc) is 3.48. The van der Waals surface area contributed by atoms with E-state index >= 15 is 0 Å². The number of amides is 1. The molecule has 7 nitrogen and oxygen atoms in total. The molecule has 0 saturated heterocycles. The van der Waals surface area contributed by atoms with Crippen molar-refractivity contribution in [2.75, 3.05) is 0 Å². The van der Waals surface area contributed by atoms with E-state index in [1.807, 2.05) is 29.7 Å². The maximum atomic E-state index is 12.8. The molecule has 2 aromatic carbocycles. The Morgan fingerprint density at radius 1 is 0.944 bits per heavy atom. The Kier molecular flexibility index (Phi) is 11.1. The Bertz CT molecular complexity index is 1100. The fourth-order valence-electron chi connectivity index (χ4n) is 4.81. The summed E-state index contributed by atoms with van der Waals surface area (Å²) >= 11 is 0. The van der Waals surface area contributed by atoms with E-state index in [0.29, 0.717) is 11.3 Å². The molecule has 2 unspecified atom stereocenters. The van der Waals surface area contributed by atoms with E-state index in [9.17, 15) is 9.59 Å². The number of benzene rings is 2. The van der Waals surface area contributed by atoms with Crippen LogP contribution < -0.4 is 11.3 Å².